The van der Waals surface area contributed by atoms with E-state index in [4.69, 9.17) is 21.9 Å². The van der Waals surface area contributed by atoms with Gasteiger partial charge in [0.15, 0.2) is 5.76 Å². The number of halogens is 2. The molecule has 18 heavy (non-hydrogen) atoms. The van der Waals surface area contributed by atoms with Crippen LogP contribution in [0.5, 0.6) is 0 Å². The van der Waals surface area contributed by atoms with Gasteiger partial charge in [-0.25, -0.2) is 0 Å². The average molecular weight is 330 g/mol. The summed E-state index contributed by atoms with van der Waals surface area (Å²) < 4.78 is 6.23. The number of aromatic nitrogens is 1. The Hall–Kier alpha value is -0.840. The predicted molar refractivity (Wildman–Crippen MR) is 76.5 cm³/mol. The summed E-state index contributed by atoms with van der Waals surface area (Å²) >= 11 is 9.56. The van der Waals surface area contributed by atoms with E-state index in [1.54, 1.807) is 0 Å². The largest absolute Gasteiger partial charge is 0.359 e. The lowest BCUT2D eigenvalue weighted by Crippen LogP contribution is -2.08. The molecule has 96 valence electrons. The van der Waals surface area contributed by atoms with Crippen LogP contribution in [0.4, 0.5) is 0 Å². The summed E-state index contributed by atoms with van der Waals surface area (Å²) in [6.07, 6.45) is 1.88. The van der Waals surface area contributed by atoms with Crippen LogP contribution in [0.3, 0.4) is 0 Å². The Bertz CT molecular complexity index is 542. The summed E-state index contributed by atoms with van der Waals surface area (Å²) in [7, 11) is 0. The highest BCUT2D eigenvalue weighted by molar-refractivity contribution is 9.10. The second kappa shape index (κ2) is 5.87. The number of nitrogens with two attached hydrogens (primary N) is 1. The number of hydrogen-bond donors (Lipinski definition) is 1. The van der Waals surface area contributed by atoms with Crippen LogP contribution in [0.15, 0.2) is 33.3 Å². The summed E-state index contributed by atoms with van der Waals surface area (Å²) in [5, 5.41) is 4.67. The van der Waals surface area contributed by atoms with Crippen molar-refractivity contribution >= 4 is 27.5 Å². The van der Waals surface area contributed by atoms with Crippen molar-refractivity contribution in [2.24, 2.45) is 5.73 Å². The molecule has 0 aliphatic heterocycles. The van der Waals surface area contributed by atoms with Gasteiger partial charge < -0.3 is 10.3 Å². The number of benzene rings is 1. The molecule has 0 aliphatic carbocycles. The quantitative estimate of drug-likeness (QED) is 0.894. The van der Waals surface area contributed by atoms with Crippen LogP contribution < -0.4 is 5.73 Å². The van der Waals surface area contributed by atoms with Crippen molar-refractivity contribution in [1.82, 2.24) is 5.16 Å². The maximum atomic E-state index is 6.15. The zero-order valence-electron chi connectivity index (χ0n) is 9.99. The summed E-state index contributed by atoms with van der Waals surface area (Å²) in [6.45, 7) is 2.09. The molecule has 1 aromatic carbocycles. The Balaban J connectivity index is 2.32. The highest BCUT2D eigenvalue weighted by Gasteiger charge is 2.14. The van der Waals surface area contributed by atoms with Gasteiger partial charge in [-0.1, -0.05) is 46.0 Å². The Morgan fingerprint density at radius 2 is 2.22 bits per heavy atom. The minimum atomic E-state index is -0.109. The van der Waals surface area contributed by atoms with Crippen molar-refractivity contribution in [2.75, 3.05) is 0 Å². The summed E-state index contributed by atoms with van der Waals surface area (Å²) in [5.74, 6) is 0.697. The van der Waals surface area contributed by atoms with Gasteiger partial charge in [0.25, 0.3) is 0 Å². The van der Waals surface area contributed by atoms with Gasteiger partial charge in [-0.3, -0.25) is 0 Å². The maximum absolute atomic E-state index is 6.15. The van der Waals surface area contributed by atoms with E-state index in [0.717, 1.165) is 22.9 Å². The fraction of sp³-hybridized carbons (Fsp3) is 0.308. The third kappa shape index (κ3) is 2.94. The van der Waals surface area contributed by atoms with Crippen molar-refractivity contribution in [3.8, 4) is 11.3 Å². The molecule has 0 saturated heterocycles. The van der Waals surface area contributed by atoms with Crippen molar-refractivity contribution in [3.05, 3.63) is 39.5 Å². The van der Waals surface area contributed by atoms with Gasteiger partial charge in [0, 0.05) is 16.1 Å². The monoisotopic (exact) mass is 328 g/mol. The van der Waals surface area contributed by atoms with Crippen molar-refractivity contribution in [1.29, 1.82) is 0 Å². The zero-order valence-corrected chi connectivity index (χ0v) is 12.3. The van der Waals surface area contributed by atoms with Crippen molar-refractivity contribution < 1.29 is 4.52 Å². The van der Waals surface area contributed by atoms with Gasteiger partial charge in [-0.15, -0.1) is 0 Å². The van der Waals surface area contributed by atoms with Gasteiger partial charge in [-0.05, 0) is 24.6 Å². The zero-order chi connectivity index (χ0) is 13.1. The Morgan fingerprint density at radius 3 is 2.94 bits per heavy atom. The van der Waals surface area contributed by atoms with Crippen LogP contribution in [0.1, 0.15) is 31.6 Å². The average Bonchev–Trinajstić information content (AvgIpc) is 2.82. The lowest BCUT2D eigenvalue weighted by molar-refractivity contribution is 0.356. The third-order valence-electron chi connectivity index (χ3n) is 2.70. The highest BCUT2D eigenvalue weighted by Crippen LogP contribution is 2.31. The molecule has 2 aromatic rings. The normalized spacial score (nSPS) is 12.7. The first-order valence-electron chi connectivity index (χ1n) is 5.79. The minimum absolute atomic E-state index is 0.109. The van der Waals surface area contributed by atoms with Crippen LogP contribution in [0.25, 0.3) is 11.3 Å². The van der Waals surface area contributed by atoms with Crippen molar-refractivity contribution in [3.63, 3.8) is 0 Å². The number of rotatable bonds is 4. The maximum Gasteiger partial charge on any atom is 0.154 e. The summed E-state index contributed by atoms with van der Waals surface area (Å²) in [6, 6.07) is 7.36. The van der Waals surface area contributed by atoms with Gasteiger partial charge in [0.05, 0.1) is 11.1 Å². The molecule has 0 spiro atoms. The van der Waals surface area contributed by atoms with Crippen LogP contribution >= 0.6 is 27.5 Å². The Kier molecular flexibility index (Phi) is 4.43. The Labute approximate surface area is 119 Å². The molecule has 2 rings (SSSR count). The van der Waals surface area contributed by atoms with Crippen molar-refractivity contribution in [2.45, 2.75) is 25.8 Å². The standard InChI is InChI=1S/C13H14BrClN2O/c1-2-3-11(16)13-7-12(17-18-13)9-6-8(14)4-5-10(9)15/h4-7,11H,2-3,16H2,1H3. The van der Waals surface area contributed by atoms with Crippen LogP contribution in [0, 0.1) is 0 Å². The lowest BCUT2D eigenvalue weighted by atomic mass is 10.1. The van der Waals surface area contributed by atoms with Crippen LogP contribution in [0.2, 0.25) is 5.02 Å². The first kappa shape index (κ1) is 13.6. The molecule has 0 aliphatic rings. The molecule has 3 nitrogen and oxygen atoms in total. The second-order valence-corrected chi connectivity index (χ2v) is 5.46. The molecule has 0 fully saturated rings. The van der Waals surface area contributed by atoms with E-state index in [-0.39, 0.29) is 6.04 Å². The van der Waals surface area contributed by atoms with E-state index in [9.17, 15) is 0 Å². The molecule has 1 unspecified atom stereocenters. The molecule has 0 saturated carbocycles. The fourth-order valence-corrected chi connectivity index (χ4v) is 2.31. The molecule has 0 radical (unpaired) electrons. The topological polar surface area (TPSA) is 52.0 Å². The van der Waals surface area contributed by atoms with E-state index in [1.165, 1.54) is 0 Å². The molecule has 0 amide bonds. The predicted octanol–water partition coefficient (Wildman–Crippen LogP) is 4.56. The molecular formula is C13H14BrClN2O. The highest BCUT2D eigenvalue weighted by atomic mass is 79.9. The molecule has 1 aromatic heterocycles. The fourth-order valence-electron chi connectivity index (χ4n) is 1.74. The van der Waals surface area contributed by atoms with E-state index >= 15 is 0 Å². The molecule has 1 heterocycles. The molecule has 0 bridgehead atoms. The molecule has 1 atom stereocenters. The minimum Gasteiger partial charge on any atom is -0.359 e. The first-order chi connectivity index (χ1) is 8.61. The van der Waals surface area contributed by atoms with Crippen LogP contribution in [-0.2, 0) is 0 Å². The smallest absolute Gasteiger partial charge is 0.154 e. The van der Waals surface area contributed by atoms with Crippen LogP contribution in [-0.4, -0.2) is 5.16 Å². The first-order valence-corrected chi connectivity index (χ1v) is 6.96. The number of nitrogens with zero attached hydrogens (tertiary/aromatic N) is 1. The Morgan fingerprint density at radius 1 is 1.44 bits per heavy atom. The molecule has 5 heteroatoms. The van der Waals surface area contributed by atoms with E-state index in [0.29, 0.717) is 16.5 Å². The molecular weight excluding hydrogens is 316 g/mol. The van der Waals surface area contributed by atoms with Gasteiger partial charge in [-0.2, -0.15) is 0 Å². The third-order valence-corrected chi connectivity index (χ3v) is 3.52. The number of hydrogen-bond acceptors (Lipinski definition) is 3. The second-order valence-electron chi connectivity index (χ2n) is 4.13. The summed E-state index contributed by atoms with van der Waals surface area (Å²) in [4.78, 5) is 0. The molecule has 2 N–H and O–H groups in total. The van der Waals surface area contributed by atoms with Gasteiger partial charge in [0.2, 0.25) is 0 Å². The summed E-state index contributed by atoms with van der Waals surface area (Å²) in [5.41, 5.74) is 7.54. The van der Waals surface area contributed by atoms with E-state index in [1.807, 2.05) is 24.3 Å². The van der Waals surface area contributed by atoms with Gasteiger partial charge >= 0.3 is 0 Å². The van der Waals surface area contributed by atoms with E-state index < -0.39 is 0 Å². The SMILES string of the molecule is CCCC(N)c1cc(-c2cc(Br)ccc2Cl)no1. The lowest BCUT2D eigenvalue weighted by Gasteiger charge is -2.03. The van der Waals surface area contributed by atoms with Gasteiger partial charge in [0.1, 0.15) is 5.69 Å². The van der Waals surface area contributed by atoms with E-state index in [2.05, 4.69) is 28.0 Å².